The van der Waals surface area contributed by atoms with Gasteiger partial charge in [-0.05, 0) is 30.4 Å². The van der Waals surface area contributed by atoms with Gasteiger partial charge in [-0.25, -0.2) is 0 Å². The Bertz CT molecular complexity index is 366. The molecule has 0 aliphatic heterocycles. The van der Waals surface area contributed by atoms with Crippen LogP contribution in [0.1, 0.15) is 20.8 Å². The summed E-state index contributed by atoms with van der Waals surface area (Å²) in [4.78, 5) is 11.8. The number of hydrogen-bond donors (Lipinski definition) is 2. The molecule has 1 aromatic carbocycles. The van der Waals surface area contributed by atoms with E-state index in [2.05, 4.69) is 19.2 Å². The number of carbonyl (C=O) groups excluding carboxylic acids is 1. The van der Waals surface area contributed by atoms with Crippen molar-refractivity contribution in [2.75, 3.05) is 11.1 Å². The van der Waals surface area contributed by atoms with E-state index in [1.54, 1.807) is 23.9 Å². The van der Waals surface area contributed by atoms with Crippen molar-refractivity contribution in [3.63, 3.8) is 0 Å². The lowest BCUT2D eigenvalue weighted by Gasteiger charge is -2.14. The summed E-state index contributed by atoms with van der Waals surface area (Å²) in [5, 5.41) is 3.24. The monoisotopic (exact) mass is 238 g/mol. The van der Waals surface area contributed by atoms with Gasteiger partial charge in [-0.2, -0.15) is 0 Å². The lowest BCUT2D eigenvalue weighted by molar-refractivity contribution is -0.115. The van der Waals surface area contributed by atoms with Gasteiger partial charge in [-0.15, -0.1) is 11.8 Å². The van der Waals surface area contributed by atoms with Crippen molar-refractivity contribution in [1.82, 2.24) is 0 Å². The molecule has 88 valence electrons. The third kappa shape index (κ3) is 4.14. The Morgan fingerprint density at radius 2 is 2.06 bits per heavy atom. The van der Waals surface area contributed by atoms with Crippen LogP contribution >= 0.6 is 11.8 Å². The van der Waals surface area contributed by atoms with E-state index in [4.69, 9.17) is 5.73 Å². The van der Waals surface area contributed by atoms with Crippen molar-refractivity contribution in [3.05, 3.63) is 24.3 Å². The summed E-state index contributed by atoms with van der Waals surface area (Å²) in [6.07, 6.45) is 0. The number of nitrogens with one attached hydrogen (secondary N) is 1. The van der Waals surface area contributed by atoms with Crippen LogP contribution in [-0.2, 0) is 4.79 Å². The van der Waals surface area contributed by atoms with Crippen molar-refractivity contribution >= 4 is 29.0 Å². The fraction of sp³-hybridized carbons (Fsp3) is 0.417. The molecule has 0 bridgehead atoms. The smallest absolute Gasteiger partial charge is 0.237 e. The van der Waals surface area contributed by atoms with Gasteiger partial charge in [0.15, 0.2) is 0 Å². The van der Waals surface area contributed by atoms with Crippen molar-refractivity contribution in [3.8, 4) is 0 Å². The van der Waals surface area contributed by atoms with Crippen molar-refractivity contribution in [1.29, 1.82) is 0 Å². The van der Waals surface area contributed by atoms with Crippen LogP contribution < -0.4 is 11.1 Å². The van der Waals surface area contributed by atoms with Gasteiger partial charge in [0.05, 0.1) is 5.25 Å². The minimum absolute atomic E-state index is 0.0179. The lowest BCUT2D eigenvalue weighted by atomic mass is 10.3. The molecular formula is C12H18N2OS. The van der Waals surface area contributed by atoms with E-state index in [1.165, 1.54) is 0 Å². The standard InChI is InChI=1S/C12H18N2OS/c1-8(2)16-9(3)12(15)14-11-6-4-5-10(13)7-11/h4-9H,13H2,1-3H3,(H,14,15). The highest BCUT2D eigenvalue weighted by Gasteiger charge is 2.14. The van der Waals surface area contributed by atoms with E-state index in [-0.39, 0.29) is 11.2 Å². The van der Waals surface area contributed by atoms with E-state index in [0.29, 0.717) is 10.9 Å². The fourth-order valence-corrected chi connectivity index (χ4v) is 2.33. The first-order chi connectivity index (χ1) is 7.49. The molecule has 0 spiro atoms. The fourth-order valence-electron chi connectivity index (χ4n) is 1.33. The molecule has 16 heavy (non-hydrogen) atoms. The van der Waals surface area contributed by atoms with Crippen molar-refractivity contribution in [2.45, 2.75) is 31.3 Å². The number of nitrogen functional groups attached to an aromatic ring is 1. The largest absolute Gasteiger partial charge is 0.399 e. The van der Waals surface area contributed by atoms with Gasteiger partial charge in [0.2, 0.25) is 5.91 Å². The van der Waals surface area contributed by atoms with E-state index >= 15 is 0 Å². The first-order valence-corrected chi connectivity index (χ1v) is 6.25. The molecule has 1 rings (SSSR count). The van der Waals surface area contributed by atoms with Gasteiger partial charge in [0.25, 0.3) is 0 Å². The average Bonchev–Trinajstić information content (AvgIpc) is 2.16. The van der Waals surface area contributed by atoms with Gasteiger partial charge in [-0.1, -0.05) is 19.9 Å². The third-order valence-electron chi connectivity index (χ3n) is 2.00. The maximum atomic E-state index is 11.8. The molecule has 0 saturated carbocycles. The summed E-state index contributed by atoms with van der Waals surface area (Å²) < 4.78 is 0. The predicted octanol–water partition coefficient (Wildman–Crippen LogP) is 2.74. The zero-order valence-electron chi connectivity index (χ0n) is 9.86. The number of anilines is 2. The summed E-state index contributed by atoms with van der Waals surface area (Å²) in [5.74, 6) is 0.0179. The number of hydrogen-bond acceptors (Lipinski definition) is 3. The van der Waals surface area contributed by atoms with Crippen LogP contribution in [0.4, 0.5) is 11.4 Å². The maximum Gasteiger partial charge on any atom is 0.237 e. The molecule has 0 aromatic heterocycles. The Morgan fingerprint density at radius 3 is 2.62 bits per heavy atom. The molecule has 1 aromatic rings. The van der Waals surface area contributed by atoms with Gasteiger partial charge >= 0.3 is 0 Å². The first kappa shape index (κ1) is 12.9. The molecule has 4 heteroatoms. The second-order valence-corrected chi connectivity index (χ2v) is 5.86. The second kappa shape index (κ2) is 5.80. The molecule has 1 amide bonds. The molecule has 0 radical (unpaired) electrons. The SMILES string of the molecule is CC(C)SC(C)C(=O)Nc1cccc(N)c1. The molecule has 0 saturated heterocycles. The van der Waals surface area contributed by atoms with Crippen LogP contribution in [0.5, 0.6) is 0 Å². The van der Waals surface area contributed by atoms with Gasteiger partial charge in [0.1, 0.15) is 0 Å². The normalized spacial score (nSPS) is 12.5. The van der Waals surface area contributed by atoms with Crippen LogP contribution in [0.2, 0.25) is 0 Å². The Morgan fingerprint density at radius 1 is 1.38 bits per heavy atom. The Hall–Kier alpha value is -1.16. The number of benzene rings is 1. The molecule has 1 atom stereocenters. The van der Waals surface area contributed by atoms with E-state index in [1.807, 2.05) is 19.1 Å². The topological polar surface area (TPSA) is 55.1 Å². The number of nitrogens with two attached hydrogens (primary N) is 1. The minimum Gasteiger partial charge on any atom is -0.399 e. The van der Waals surface area contributed by atoms with Crippen molar-refractivity contribution in [2.24, 2.45) is 0 Å². The molecular weight excluding hydrogens is 220 g/mol. The van der Waals surface area contributed by atoms with E-state index < -0.39 is 0 Å². The second-order valence-electron chi connectivity index (χ2n) is 3.94. The molecule has 0 fully saturated rings. The summed E-state index contributed by atoms with van der Waals surface area (Å²) in [5.41, 5.74) is 7.04. The highest BCUT2D eigenvalue weighted by atomic mass is 32.2. The van der Waals surface area contributed by atoms with Crippen LogP contribution in [0.25, 0.3) is 0 Å². The summed E-state index contributed by atoms with van der Waals surface area (Å²) in [6, 6.07) is 7.21. The molecule has 0 heterocycles. The lowest BCUT2D eigenvalue weighted by Crippen LogP contribution is -2.23. The summed E-state index contributed by atoms with van der Waals surface area (Å²) >= 11 is 1.64. The van der Waals surface area contributed by atoms with Crippen LogP contribution in [-0.4, -0.2) is 16.4 Å². The van der Waals surface area contributed by atoms with Crippen LogP contribution in [0, 0.1) is 0 Å². The summed E-state index contributed by atoms with van der Waals surface area (Å²) in [6.45, 7) is 6.07. The zero-order valence-corrected chi connectivity index (χ0v) is 10.7. The Balaban J connectivity index is 2.57. The van der Waals surface area contributed by atoms with Gasteiger partial charge in [0, 0.05) is 11.4 Å². The van der Waals surface area contributed by atoms with Crippen LogP contribution in [0.15, 0.2) is 24.3 Å². The van der Waals surface area contributed by atoms with Gasteiger partial charge < -0.3 is 11.1 Å². The molecule has 3 N–H and O–H groups in total. The van der Waals surface area contributed by atoms with E-state index in [9.17, 15) is 4.79 Å². The quantitative estimate of drug-likeness (QED) is 0.793. The van der Waals surface area contributed by atoms with E-state index in [0.717, 1.165) is 5.69 Å². The highest BCUT2D eigenvalue weighted by Crippen LogP contribution is 2.19. The Labute approximate surface area is 101 Å². The predicted molar refractivity (Wildman–Crippen MR) is 71.7 cm³/mol. The molecule has 0 aliphatic rings. The summed E-state index contributed by atoms with van der Waals surface area (Å²) in [7, 11) is 0. The maximum absolute atomic E-state index is 11.8. The number of amides is 1. The highest BCUT2D eigenvalue weighted by molar-refractivity contribution is 8.01. The number of thioether (sulfide) groups is 1. The molecule has 0 aliphatic carbocycles. The average molecular weight is 238 g/mol. The number of carbonyl (C=O) groups is 1. The Kier molecular flexibility index (Phi) is 4.68. The minimum atomic E-state index is -0.0542. The molecule has 3 nitrogen and oxygen atoms in total. The zero-order chi connectivity index (χ0) is 12.1. The molecule has 1 unspecified atom stereocenters. The number of rotatable bonds is 4. The third-order valence-corrected chi connectivity index (χ3v) is 3.17. The van der Waals surface area contributed by atoms with Crippen LogP contribution in [0.3, 0.4) is 0 Å². The van der Waals surface area contributed by atoms with Crippen molar-refractivity contribution < 1.29 is 4.79 Å². The van der Waals surface area contributed by atoms with Gasteiger partial charge in [-0.3, -0.25) is 4.79 Å². The first-order valence-electron chi connectivity index (χ1n) is 5.31.